The molecule has 4 rings (SSSR count). The fourth-order valence-corrected chi connectivity index (χ4v) is 4.40. The molecule has 0 saturated heterocycles. The number of benzene rings is 3. The van der Waals surface area contributed by atoms with Gasteiger partial charge in [0, 0.05) is 23.1 Å². The fraction of sp³-hybridized carbons (Fsp3) is 0.259. The standard InChI is InChI=1S/C27H28O/c1-3-13-24-23-19-11-12-20-25(23)27(28-26(24)14-4-2,21-15-7-5-8-16-21)22-17-9-6-10-18-22/h5-12,15-20H,3-4,13-14H2,1-2H3. The van der Waals surface area contributed by atoms with E-state index in [1.807, 2.05) is 0 Å². The van der Waals surface area contributed by atoms with Crippen LogP contribution in [0, 0.1) is 0 Å². The zero-order chi connectivity index (χ0) is 19.4. The molecule has 0 N–H and O–H groups in total. The lowest BCUT2D eigenvalue weighted by Crippen LogP contribution is -2.36. The van der Waals surface area contributed by atoms with Gasteiger partial charge in [-0.05, 0) is 24.0 Å². The van der Waals surface area contributed by atoms with Gasteiger partial charge in [0.25, 0.3) is 0 Å². The van der Waals surface area contributed by atoms with Crippen LogP contribution in [-0.2, 0) is 10.3 Å². The predicted molar refractivity (Wildman–Crippen MR) is 117 cm³/mol. The summed E-state index contributed by atoms with van der Waals surface area (Å²) in [5.41, 5.74) is 5.71. The third kappa shape index (κ3) is 3.05. The minimum atomic E-state index is -0.610. The van der Waals surface area contributed by atoms with E-state index < -0.39 is 5.60 Å². The molecule has 0 saturated carbocycles. The number of hydrogen-bond acceptors (Lipinski definition) is 1. The Morgan fingerprint density at radius 1 is 0.643 bits per heavy atom. The second-order valence-corrected chi connectivity index (χ2v) is 7.46. The van der Waals surface area contributed by atoms with Crippen molar-refractivity contribution in [1.29, 1.82) is 0 Å². The summed E-state index contributed by atoms with van der Waals surface area (Å²) in [6, 6.07) is 30.2. The van der Waals surface area contributed by atoms with Crippen molar-refractivity contribution in [2.75, 3.05) is 0 Å². The van der Waals surface area contributed by atoms with Crippen molar-refractivity contribution in [1.82, 2.24) is 0 Å². The van der Waals surface area contributed by atoms with Gasteiger partial charge >= 0.3 is 0 Å². The van der Waals surface area contributed by atoms with Gasteiger partial charge in [0.05, 0.1) is 0 Å². The summed E-state index contributed by atoms with van der Waals surface area (Å²) in [6.45, 7) is 4.47. The first-order valence-corrected chi connectivity index (χ1v) is 10.4. The molecule has 1 heterocycles. The highest BCUT2D eigenvalue weighted by molar-refractivity contribution is 5.75. The molecule has 0 radical (unpaired) electrons. The van der Waals surface area contributed by atoms with Gasteiger partial charge in [-0.3, -0.25) is 0 Å². The van der Waals surface area contributed by atoms with Crippen LogP contribution in [0.25, 0.3) is 5.57 Å². The van der Waals surface area contributed by atoms with Crippen LogP contribution in [0.2, 0.25) is 0 Å². The van der Waals surface area contributed by atoms with Crippen molar-refractivity contribution in [2.45, 2.75) is 45.1 Å². The predicted octanol–water partition coefficient (Wildman–Crippen LogP) is 7.32. The van der Waals surface area contributed by atoms with E-state index in [1.165, 1.54) is 27.8 Å². The summed E-state index contributed by atoms with van der Waals surface area (Å²) in [5, 5.41) is 0. The molecule has 142 valence electrons. The molecule has 0 bridgehead atoms. The minimum Gasteiger partial charge on any atom is -0.477 e. The molecule has 0 aromatic heterocycles. The fourth-order valence-electron chi connectivity index (χ4n) is 4.40. The van der Waals surface area contributed by atoms with Crippen LogP contribution in [0.4, 0.5) is 0 Å². The Balaban J connectivity index is 2.05. The van der Waals surface area contributed by atoms with E-state index in [-0.39, 0.29) is 0 Å². The lowest BCUT2D eigenvalue weighted by molar-refractivity contribution is 0.0614. The van der Waals surface area contributed by atoms with E-state index in [0.29, 0.717) is 0 Å². The zero-order valence-corrected chi connectivity index (χ0v) is 16.8. The molecule has 1 nitrogen and oxygen atoms in total. The first-order chi connectivity index (χ1) is 13.8. The second-order valence-electron chi connectivity index (χ2n) is 7.46. The SMILES string of the molecule is CCCC1=C(CCC)c2ccccc2C(c2ccccc2)(c2ccccc2)O1. The Morgan fingerprint density at radius 3 is 1.75 bits per heavy atom. The molecule has 1 aliphatic heterocycles. The van der Waals surface area contributed by atoms with Crippen molar-refractivity contribution < 1.29 is 4.74 Å². The van der Waals surface area contributed by atoms with Gasteiger partial charge in [0.2, 0.25) is 0 Å². The molecule has 1 aliphatic rings. The highest BCUT2D eigenvalue weighted by atomic mass is 16.5. The lowest BCUT2D eigenvalue weighted by Gasteiger charge is -2.42. The Hall–Kier alpha value is -2.80. The van der Waals surface area contributed by atoms with Crippen LogP contribution >= 0.6 is 0 Å². The van der Waals surface area contributed by atoms with Crippen molar-refractivity contribution in [2.24, 2.45) is 0 Å². The number of fused-ring (bicyclic) bond motifs is 1. The van der Waals surface area contributed by atoms with E-state index >= 15 is 0 Å². The van der Waals surface area contributed by atoms with Crippen LogP contribution in [0.1, 0.15) is 61.8 Å². The average molecular weight is 369 g/mol. The van der Waals surface area contributed by atoms with Crippen molar-refractivity contribution >= 4 is 5.57 Å². The van der Waals surface area contributed by atoms with Gasteiger partial charge in [0.15, 0.2) is 5.60 Å². The van der Waals surface area contributed by atoms with Crippen molar-refractivity contribution in [3.8, 4) is 0 Å². The maximum Gasteiger partial charge on any atom is 0.184 e. The van der Waals surface area contributed by atoms with Gasteiger partial charge in [-0.2, -0.15) is 0 Å². The number of rotatable bonds is 6. The molecule has 0 aliphatic carbocycles. The molecule has 0 unspecified atom stereocenters. The summed E-state index contributed by atoms with van der Waals surface area (Å²) in [6.07, 6.45) is 4.20. The molecule has 3 aromatic carbocycles. The number of hydrogen-bond donors (Lipinski definition) is 0. The van der Waals surface area contributed by atoms with Crippen LogP contribution in [0.15, 0.2) is 90.7 Å². The highest BCUT2D eigenvalue weighted by Crippen LogP contribution is 2.50. The maximum absolute atomic E-state index is 7.06. The van der Waals surface area contributed by atoms with Gasteiger partial charge in [-0.15, -0.1) is 0 Å². The van der Waals surface area contributed by atoms with E-state index in [0.717, 1.165) is 31.4 Å². The molecule has 0 amide bonds. The Labute approximate surface area is 168 Å². The highest BCUT2D eigenvalue weighted by Gasteiger charge is 2.44. The summed E-state index contributed by atoms with van der Waals surface area (Å²) in [7, 11) is 0. The third-order valence-electron chi connectivity index (χ3n) is 5.58. The first-order valence-electron chi connectivity index (χ1n) is 10.4. The second kappa shape index (κ2) is 8.06. The topological polar surface area (TPSA) is 9.23 Å². The minimum absolute atomic E-state index is 0.610. The molecule has 28 heavy (non-hydrogen) atoms. The largest absolute Gasteiger partial charge is 0.477 e. The zero-order valence-electron chi connectivity index (χ0n) is 16.8. The molecular formula is C27H28O. The van der Waals surface area contributed by atoms with Gasteiger partial charge in [0.1, 0.15) is 5.76 Å². The molecule has 0 atom stereocenters. The van der Waals surface area contributed by atoms with Crippen LogP contribution in [-0.4, -0.2) is 0 Å². The quantitative estimate of drug-likeness (QED) is 0.443. The van der Waals surface area contributed by atoms with Crippen molar-refractivity contribution in [3.63, 3.8) is 0 Å². The monoisotopic (exact) mass is 368 g/mol. The number of allylic oxidation sites excluding steroid dienone is 2. The number of ether oxygens (including phenoxy) is 1. The van der Waals surface area contributed by atoms with Crippen LogP contribution in [0.3, 0.4) is 0 Å². The molecule has 0 spiro atoms. The van der Waals surface area contributed by atoms with E-state index in [1.54, 1.807) is 0 Å². The van der Waals surface area contributed by atoms with E-state index in [4.69, 9.17) is 4.74 Å². The van der Waals surface area contributed by atoms with Crippen LogP contribution in [0.5, 0.6) is 0 Å². The third-order valence-corrected chi connectivity index (χ3v) is 5.58. The lowest BCUT2D eigenvalue weighted by atomic mass is 9.74. The molecule has 3 aromatic rings. The smallest absolute Gasteiger partial charge is 0.184 e. The molecular weight excluding hydrogens is 340 g/mol. The summed E-state index contributed by atoms with van der Waals surface area (Å²) < 4.78 is 7.06. The summed E-state index contributed by atoms with van der Waals surface area (Å²) in [4.78, 5) is 0. The Kier molecular flexibility index (Phi) is 5.34. The molecule has 1 heteroatoms. The Morgan fingerprint density at radius 2 is 1.18 bits per heavy atom. The van der Waals surface area contributed by atoms with Crippen molar-refractivity contribution in [3.05, 3.63) is 113 Å². The van der Waals surface area contributed by atoms with E-state index in [2.05, 4.69) is 98.8 Å². The normalized spacial score (nSPS) is 15.1. The van der Waals surface area contributed by atoms with Gasteiger partial charge in [-0.25, -0.2) is 0 Å². The first kappa shape index (κ1) is 18.6. The summed E-state index contributed by atoms with van der Waals surface area (Å²) >= 11 is 0. The van der Waals surface area contributed by atoms with Crippen LogP contribution < -0.4 is 0 Å². The maximum atomic E-state index is 7.06. The van der Waals surface area contributed by atoms with Gasteiger partial charge < -0.3 is 4.74 Å². The van der Waals surface area contributed by atoms with E-state index in [9.17, 15) is 0 Å². The Bertz CT molecular complexity index is 914. The van der Waals surface area contributed by atoms with Gasteiger partial charge in [-0.1, -0.05) is 105 Å². The molecule has 0 fully saturated rings. The summed E-state index contributed by atoms with van der Waals surface area (Å²) in [5.74, 6) is 1.15. The average Bonchev–Trinajstić information content (AvgIpc) is 2.77.